The lowest BCUT2D eigenvalue weighted by molar-refractivity contribution is -0.124. The topological polar surface area (TPSA) is 88.2 Å². The molecule has 1 aliphatic rings. The minimum Gasteiger partial charge on any atom is -0.349 e. The van der Waals surface area contributed by atoms with E-state index in [4.69, 9.17) is 0 Å². The molecule has 1 amide bonds. The lowest BCUT2D eigenvalue weighted by Gasteiger charge is -2.23. The summed E-state index contributed by atoms with van der Waals surface area (Å²) in [5.74, 6) is 0.263. The normalized spacial score (nSPS) is 22.0. The molecule has 3 atom stereocenters. The number of amides is 1. The highest BCUT2D eigenvalue weighted by atomic mass is 32.2. The van der Waals surface area contributed by atoms with E-state index in [2.05, 4.69) is 42.7 Å². The highest BCUT2D eigenvalue weighted by Gasteiger charge is 2.58. The van der Waals surface area contributed by atoms with Crippen LogP contribution in [0.4, 0.5) is 5.69 Å². The quantitative estimate of drug-likeness (QED) is 0.700. The zero-order chi connectivity index (χ0) is 23.2. The second kappa shape index (κ2) is 7.93. The van der Waals surface area contributed by atoms with Gasteiger partial charge in [0.1, 0.15) is 0 Å². The molecule has 0 radical (unpaired) electrons. The molecule has 1 fully saturated rings. The maximum Gasteiger partial charge on any atom is 0.231 e. The summed E-state index contributed by atoms with van der Waals surface area (Å²) in [6, 6.07) is 9.34. The molecule has 6 nitrogen and oxygen atoms in total. The Hall–Kier alpha value is -2.41. The van der Waals surface area contributed by atoms with Crippen molar-refractivity contribution in [3.63, 3.8) is 0 Å². The molecule has 0 bridgehead atoms. The third kappa shape index (κ3) is 4.92. The molecule has 2 unspecified atom stereocenters. The molecule has 31 heavy (non-hydrogen) atoms. The van der Waals surface area contributed by atoms with Crippen LogP contribution >= 0.6 is 0 Å². The number of nitrogens with zero attached hydrogens (tertiary/aromatic N) is 1. The van der Waals surface area contributed by atoms with Gasteiger partial charge in [-0.1, -0.05) is 45.9 Å². The molecule has 7 heteroatoms. The van der Waals surface area contributed by atoms with E-state index in [0.717, 1.165) is 35.1 Å². The number of aromatic nitrogens is 1. The smallest absolute Gasteiger partial charge is 0.231 e. The number of hydrogen-bond acceptors (Lipinski definition) is 4. The molecule has 1 aliphatic carbocycles. The molecule has 1 saturated carbocycles. The Kier molecular flexibility index (Phi) is 5.95. The Bertz CT molecular complexity index is 1090. The van der Waals surface area contributed by atoms with Crippen molar-refractivity contribution in [2.75, 3.05) is 11.0 Å². The molecule has 0 spiro atoms. The van der Waals surface area contributed by atoms with Gasteiger partial charge in [0.05, 0.1) is 23.4 Å². The van der Waals surface area contributed by atoms with E-state index in [-0.39, 0.29) is 23.3 Å². The first-order valence-corrected chi connectivity index (χ1v) is 12.5. The largest absolute Gasteiger partial charge is 0.349 e. The van der Waals surface area contributed by atoms with Gasteiger partial charge in [-0.05, 0) is 55.0 Å². The summed E-state index contributed by atoms with van der Waals surface area (Å²) in [5.41, 5.74) is 3.67. The summed E-state index contributed by atoms with van der Waals surface area (Å²) in [4.78, 5) is 17.9. The van der Waals surface area contributed by atoms with Gasteiger partial charge in [-0.25, -0.2) is 8.42 Å². The van der Waals surface area contributed by atoms with Crippen LogP contribution in [-0.4, -0.2) is 25.6 Å². The van der Waals surface area contributed by atoms with Gasteiger partial charge in [0.25, 0.3) is 0 Å². The van der Waals surface area contributed by atoms with Gasteiger partial charge in [-0.15, -0.1) is 0 Å². The maximum absolute atomic E-state index is 13.3. The molecule has 1 aromatic carbocycles. The first-order valence-electron chi connectivity index (χ1n) is 10.6. The minimum absolute atomic E-state index is 0.00815. The Morgan fingerprint density at radius 3 is 2.32 bits per heavy atom. The second-order valence-electron chi connectivity index (χ2n) is 9.90. The number of carbonyl (C=O) groups excluding carboxylic acids is 1. The monoisotopic (exact) mass is 443 g/mol. The van der Waals surface area contributed by atoms with Gasteiger partial charge in [0.15, 0.2) is 0 Å². The van der Waals surface area contributed by atoms with Gasteiger partial charge in [0.2, 0.25) is 15.9 Å². The van der Waals surface area contributed by atoms with E-state index in [1.807, 2.05) is 44.3 Å². The van der Waals surface area contributed by atoms with Crippen molar-refractivity contribution in [2.24, 2.45) is 5.92 Å². The number of hydrogen-bond donors (Lipinski definition) is 2. The molecule has 0 saturated heterocycles. The predicted octanol–water partition coefficient (Wildman–Crippen LogP) is 4.21. The third-order valence-corrected chi connectivity index (χ3v) is 6.75. The molecular formula is C24H33N3O3S. The fourth-order valence-electron chi connectivity index (χ4n) is 4.05. The summed E-state index contributed by atoms with van der Waals surface area (Å²) in [5, 5.41) is 3.16. The van der Waals surface area contributed by atoms with Crippen LogP contribution in [-0.2, 0) is 25.6 Å². The van der Waals surface area contributed by atoms with Crippen LogP contribution in [0, 0.1) is 12.8 Å². The number of carbonyl (C=O) groups is 1. The van der Waals surface area contributed by atoms with Crippen LogP contribution in [0.25, 0.3) is 0 Å². The second-order valence-corrected chi connectivity index (χ2v) is 11.7. The number of sulfonamides is 1. The Balaban J connectivity index is 1.77. The minimum atomic E-state index is -3.34. The zero-order valence-electron chi connectivity index (χ0n) is 19.4. The van der Waals surface area contributed by atoms with Crippen LogP contribution in [0.1, 0.15) is 69.5 Å². The summed E-state index contributed by atoms with van der Waals surface area (Å²) >= 11 is 0. The van der Waals surface area contributed by atoms with Crippen LogP contribution < -0.4 is 10.0 Å². The summed E-state index contributed by atoms with van der Waals surface area (Å²) < 4.78 is 25.5. The molecule has 1 aromatic heterocycles. The molecular weight excluding hydrogens is 410 g/mol. The highest BCUT2D eigenvalue weighted by Crippen LogP contribution is 2.54. The van der Waals surface area contributed by atoms with Crippen molar-refractivity contribution in [3.8, 4) is 0 Å². The molecule has 0 aliphatic heterocycles. The van der Waals surface area contributed by atoms with Gasteiger partial charge >= 0.3 is 0 Å². The fourth-order valence-corrected chi connectivity index (χ4v) is 4.68. The zero-order valence-corrected chi connectivity index (χ0v) is 20.2. The average molecular weight is 444 g/mol. The first kappa shape index (κ1) is 23.3. The van der Waals surface area contributed by atoms with E-state index < -0.39 is 15.4 Å². The summed E-state index contributed by atoms with van der Waals surface area (Å²) in [7, 11) is -3.34. The number of nitrogens with one attached hydrogen (secondary N) is 2. The number of aryl methyl sites for hydroxylation is 1. The molecule has 3 rings (SSSR count). The van der Waals surface area contributed by atoms with Crippen LogP contribution in [0.15, 0.2) is 36.5 Å². The average Bonchev–Trinajstić information content (AvgIpc) is 3.34. The SMILES string of the molecule is Cc1cc([C@@H](C)NC(=O)C2(c3ccc(C(C)(C)C)nc3)CC2C)ccc1NS(C)(=O)=O. The van der Waals surface area contributed by atoms with Crippen LogP contribution in [0.5, 0.6) is 0 Å². The lowest BCUT2D eigenvalue weighted by atomic mass is 9.88. The fraction of sp³-hybridized carbons (Fsp3) is 0.500. The van der Waals surface area contributed by atoms with Crippen molar-refractivity contribution in [1.82, 2.24) is 10.3 Å². The van der Waals surface area contributed by atoms with Crippen LogP contribution in [0.2, 0.25) is 0 Å². The number of pyridine rings is 1. The third-order valence-electron chi connectivity index (χ3n) is 6.15. The maximum atomic E-state index is 13.3. The van der Waals surface area contributed by atoms with Crippen molar-refractivity contribution in [1.29, 1.82) is 0 Å². The van der Waals surface area contributed by atoms with E-state index >= 15 is 0 Å². The van der Waals surface area contributed by atoms with Gasteiger partial charge < -0.3 is 5.32 Å². The van der Waals surface area contributed by atoms with Gasteiger partial charge in [0, 0.05) is 17.3 Å². The van der Waals surface area contributed by atoms with E-state index in [1.165, 1.54) is 0 Å². The number of benzene rings is 1. The van der Waals surface area contributed by atoms with Crippen molar-refractivity contribution in [3.05, 3.63) is 58.9 Å². The number of anilines is 1. The highest BCUT2D eigenvalue weighted by molar-refractivity contribution is 7.92. The van der Waals surface area contributed by atoms with Gasteiger partial charge in [-0.2, -0.15) is 0 Å². The Morgan fingerprint density at radius 1 is 1.23 bits per heavy atom. The molecule has 2 N–H and O–H groups in total. The van der Waals surface area contributed by atoms with Crippen molar-refractivity contribution in [2.45, 2.75) is 64.8 Å². The van der Waals surface area contributed by atoms with E-state index in [0.29, 0.717) is 5.69 Å². The molecule has 168 valence electrons. The van der Waals surface area contributed by atoms with Crippen molar-refractivity contribution < 1.29 is 13.2 Å². The summed E-state index contributed by atoms with van der Waals surface area (Å²) in [6.45, 7) is 12.3. The predicted molar refractivity (Wildman–Crippen MR) is 125 cm³/mol. The number of rotatable bonds is 6. The van der Waals surface area contributed by atoms with E-state index in [9.17, 15) is 13.2 Å². The standard InChI is InChI=1S/C24H33N3O3S/c1-15-12-18(8-10-20(15)27-31(7,29)30)17(3)26-22(28)24(13-16(24)2)19-9-11-21(25-14-19)23(4,5)6/h8-12,14,16-17,27H,13H2,1-7H3,(H,26,28)/t16?,17-,24?/m1/s1. The van der Waals surface area contributed by atoms with Crippen LogP contribution in [0.3, 0.4) is 0 Å². The van der Waals surface area contributed by atoms with Gasteiger partial charge in [-0.3, -0.25) is 14.5 Å². The molecule has 2 aromatic rings. The first-order chi connectivity index (χ1) is 14.2. The molecule has 1 heterocycles. The lowest BCUT2D eigenvalue weighted by Crippen LogP contribution is -2.37. The Morgan fingerprint density at radius 2 is 1.87 bits per heavy atom. The van der Waals surface area contributed by atoms with Crippen molar-refractivity contribution >= 4 is 21.6 Å². The Labute approximate surface area is 185 Å². The summed E-state index contributed by atoms with van der Waals surface area (Å²) in [6.07, 6.45) is 3.78. The van der Waals surface area contributed by atoms with E-state index in [1.54, 1.807) is 6.07 Å².